The van der Waals surface area contributed by atoms with E-state index in [1.165, 1.54) is 31.2 Å². The van der Waals surface area contributed by atoms with Crippen LogP contribution in [0, 0.1) is 5.92 Å². The third-order valence-corrected chi connectivity index (χ3v) is 4.30. The Labute approximate surface area is 120 Å². The molecule has 1 fully saturated rings. The van der Waals surface area contributed by atoms with Gasteiger partial charge < -0.3 is 5.32 Å². The second kappa shape index (κ2) is 6.79. The molecule has 0 bridgehead atoms. The van der Waals surface area contributed by atoms with Gasteiger partial charge in [0.1, 0.15) is 0 Å². The van der Waals surface area contributed by atoms with Crippen molar-refractivity contribution in [2.24, 2.45) is 5.92 Å². The third-order valence-electron chi connectivity index (χ3n) is 3.56. The highest BCUT2D eigenvalue weighted by Crippen LogP contribution is 2.24. The quantitative estimate of drug-likeness (QED) is 0.765. The number of nitrogens with one attached hydrogen (secondary N) is 1. The number of hydrogen-bond acceptors (Lipinski definition) is 1. The van der Waals surface area contributed by atoms with Crippen LogP contribution in [0.1, 0.15) is 38.2 Å². The fraction of sp³-hybridized carbons (Fsp3) is 0.600. The van der Waals surface area contributed by atoms with Gasteiger partial charge >= 0.3 is 0 Å². The minimum atomic E-state index is 0.641. The zero-order chi connectivity index (χ0) is 13.0. The molecule has 0 radical (unpaired) electrons. The molecule has 1 saturated carbocycles. The summed E-state index contributed by atoms with van der Waals surface area (Å²) in [6, 6.07) is 6.77. The van der Waals surface area contributed by atoms with Crippen LogP contribution in [0.5, 0.6) is 0 Å². The molecule has 1 N–H and O–H groups in total. The Morgan fingerprint density at radius 1 is 1.22 bits per heavy atom. The van der Waals surface area contributed by atoms with Crippen LogP contribution >= 0.6 is 23.2 Å². The number of aryl methyl sites for hydroxylation is 1. The van der Waals surface area contributed by atoms with Crippen LogP contribution in [0.2, 0.25) is 10.0 Å². The summed E-state index contributed by atoms with van der Waals surface area (Å²) >= 11 is 11.9. The summed E-state index contributed by atoms with van der Waals surface area (Å²) in [5.41, 5.74) is 1.28. The van der Waals surface area contributed by atoms with Gasteiger partial charge in [0.2, 0.25) is 0 Å². The first-order valence-electron chi connectivity index (χ1n) is 6.82. The summed E-state index contributed by atoms with van der Waals surface area (Å²) in [5.74, 6) is 0.755. The average molecular weight is 286 g/mol. The molecule has 1 aliphatic rings. The van der Waals surface area contributed by atoms with E-state index in [4.69, 9.17) is 23.2 Å². The molecule has 0 spiro atoms. The lowest BCUT2D eigenvalue weighted by Gasteiger charge is -2.12. The van der Waals surface area contributed by atoms with Gasteiger partial charge in [0, 0.05) is 6.04 Å². The Balaban J connectivity index is 1.67. The maximum Gasteiger partial charge on any atom is 0.0595 e. The minimum absolute atomic E-state index is 0.641. The molecule has 0 heterocycles. The van der Waals surface area contributed by atoms with Gasteiger partial charge in [-0.15, -0.1) is 0 Å². The predicted octanol–water partition coefficient (Wildman–Crippen LogP) is 4.70. The lowest BCUT2D eigenvalue weighted by Crippen LogP contribution is -2.19. The molecule has 1 nitrogen and oxygen atoms in total. The van der Waals surface area contributed by atoms with E-state index in [1.807, 2.05) is 12.1 Å². The topological polar surface area (TPSA) is 12.0 Å². The molecule has 1 aliphatic carbocycles. The molecule has 0 saturated heterocycles. The molecule has 0 aliphatic heterocycles. The fourth-order valence-corrected chi connectivity index (χ4v) is 2.39. The molecular weight excluding hydrogens is 265 g/mol. The largest absolute Gasteiger partial charge is 0.314 e. The predicted molar refractivity (Wildman–Crippen MR) is 79.6 cm³/mol. The average Bonchev–Trinajstić information content (AvgIpc) is 3.15. The molecule has 1 unspecified atom stereocenters. The summed E-state index contributed by atoms with van der Waals surface area (Å²) in [7, 11) is 0. The van der Waals surface area contributed by atoms with Crippen molar-refractivity contribution < 1.29 is 0 Å². The van der Waals surface area contributed by atoms with E-state index in [2.05, 4.69) is 18.3 Å². The first-order valence-corrected chi connectivity index (χ1v) is 7.58. The molecule has 1 aromatic carbocycles. The van der Waals surface area contributed by atoms with Gasteiger partial charge in [-0.05, 0) is 62.3 Å². The molecule has 0 amide bonds. The number of hydrogen-bond donors (Lipinski definition) is 1. The van der Waals surface area contributed by atoms with Crippen molar-refractivity contribution in [3.8, 4) is 0 Å². The lowest BCUT2D eigenvalue weighted by atomic mass is 9.98. The first-order chi connectivity index (χ1) is 8.65. The van der Waals surface area contributed by atoms with E-state index in [-0.39, 0.29) is 0 Å². The smallest absolute Gasteiger partial charge is 0.0595 e. The normalized spacial score (nSPS) is 16.8. The molecular formula is C15H21Cl2N. The Morgan fingerprint density at radius 2 is 2.00 bits per heavy atom. The molecule has 2 rings (SSSR count). The van der Waals surface area contributed by atoms with Crippen LogP contribution in [-0.4, -0.2) is 12.6 Å². The lowest BCUT2D eigenvalue weighted by molar-refractivity contribution is 0.469. The highest BCUT2D eigenvalue weighted by Gasteiger charge is 2.19. The van der Waals surface area contributed by atoms with Crippen LogP contribution in [0.15, 0.2) is 18.2 Å². The van der Waals surface area contributed by atoms with E-state index >= 15 is 0 Å². The molecule has 100 valence electrons. The van der Waals surface area contributed by atoms with E-state index in [1.54, 1.807) is 0 Å². The molecule has 18 heavy (non-hydrogen) atoms. The van der Waals surface area contributed by atoms with Crippen molar-refractivity contribution in [3.63, 3.8) is 0 Å². The summed E-state index contributed by atoms with van der Waals surface area (Å²) in [5, 5.41) is 4.87. The SMILES string of the molecule is CC(CCNC1CC1)CCc1ccc(Cl)c(Cl)c1. The van der Waals surface area contributed by atoms with Gasteiger partial charge in [-0.3, -0.25) is 0 Å². The summed E-state index contributed by atoms with van der Waals surface area (Å²) in [4.78, 5) is 0. The van der Waals surface area contributed by atoms with Gasteiger partial charge in [-0.2, -0.15) is 0 Å². The zero-order valence-electron chi connectivity index (χ0n) is 10.9. The number of rotatable bonds is 7. The second-order valence-corrected chi connectivity index (χ2v) is 6.22. The number of halogens is 2. The van der Waals surface area contributed by atoms with Gasteiger partial charge in [-0.1, -0.05) is 36.2 Å². The van der Waals surface area contributed by atoms with Gasteiger partial charge in [0.15, 0.2) is 0 Å². The van der Waals surface area contributed by atoms with Crippen molar-refractivity contribution in [2.75, 3.05) is 6.54 Å². The molecule has 0 aromatic heterocycles. The summed E-state index contributed by atoms with van der Waals surface area (Å²) in [6.07, 6.45) is 6.30. The molecule has 1 atom stereocenters. The van der Waals surface area contributed by atoms with Crippen molar-refractivity contribution in [1.82, 2.24) is 5.32 Å². The maximum absolute atomic E-state index is 6.01. The van der Waals surface area contributed by atoms with Gasteiger partial charge in [0.25, 0.3) is 0 Å². The van der Waals surface area contributed by atoms with Gasteiger partial charge in [0.05, 0.1) is 10.0 Å². The van der Waals surface area contributed by atoms with Crippen molar-refractivity contribution in [1.29, 1.82) is 0 Å². The summed E-state index contributed by atoms with van der Waals surface area (Å²) < 4.78 is 0. The summed E-state index contributed by atoms with van der Waals surface area (Å²) in [6.45, 7) is 3.49. The van der Waals surface area contributed by atoms with E-state index in [9.17, 15) is 0 Å². The second-order valence-electron chi connectivity index (χ2n) is 5.41. The maximum atomic E-state index is 6.01. The highest BCUT2D eigenvalue weighted by molar-refractivity contribution is 6.42. The van der Waals surface area contributed by atoms with Gasteiger partial charge in [-0.25, -0.2) is 0 Å². The third kappa shape index (κ3) is 4.79. The Kier molecular flexibility index (Phi) is 5.35. The Bertz CT molecular complexity index is 388. The van der Waals surface area contributed by atoms with Crippen LogP contribution in [-0.2, 0) is 6.42 Å². The zero-order valence-corrected chi connectivity index (χ0v) is 12.4. The van der Waals surface area contributed by atoms with Crippen LogP contribution < -0.4 is 5.32 Å². The monoisotopic (exact) mass is 285 g/mol. The Hall–Kier alpha value is -0.240. The first kappa shape index (κ1) is 14.2. The number of benzene rings is 1. The van der Waals surface area contributed by atoms with Crippen LogP contribution in [0.3, 0.4) is 0 Å². The van der Waals surface area contributed by atoms with Crippen LogP contribution in [0.25, 0.3) is 0 Å². The Morgan fingerprint density at radius 3 is 2.67 bits per heavy atom. The standard InChI is InChI=1S/C15H21Cl2N/c1-11(8-9-18-13-5-6-13)2-3-12-4-7-14(16)15(17)10-12/h4,7,10-11,13,18H,2-3,5-6,8-9H2,1H3. The van der Waals surface area contributed by atoms with Crippen molar-refractivity contribution in [3.05, 3.63) is 33.8 Å². The van der Waals surface area contributed by atoms with Crippen molar-refractivity contribution >= 4 is 23.2 Å². The van der Waals surface area contributed by atoms with Crippen molar-refractivity contribution in [2.45, 2.75) is 45.1 Å². The highest BCUT2D eigenvalue weighted by atomic mass is 35.5. The molecule has 3 heteroatoms. The van der Waals surface area contributed by atoms with E-state index < -0.39 is 0 Å². The van der Waals surface area contributed by atoms with E-state index in [0.717, 1.165) is 24.9 Å². The van der Waals surface area contributed by atoms with E-state index in [0.29, 0.717) is 10.0 Å². The fourth-order valence-electron chi connectivity index (χ4n) is 2.07. The molecule has 1 aromatic rings. The van der Waals surface area contributed by atoms with Crippen LogP contribution in [0.4, 0.5) is 0 Å². The minimum Gasteiger partial charge on any atom is -0.314 e.